The Hall–Kier alpha value is -3.20. The van der Waals surface area contributed by atoms with Crippen LogP contribution in [0, 0.1) is 0 Å². The zero-order chi connectivity index (χ0) is 23.2. The molecule has 174 valence electrons. The number of hydrogen-bond acceptors (Lipinski definition) is 7. The molecule has 2 heterocycles. The maximum atomic E-state index is 12.4. The number of thioether (sulfide) groups is 1. The third-order valence-electron chi connectivity index (χ3n) is 5.50. The highest BCUT2D eigenvalue weighted by atomic mass is 32.2. The lowest BCUT2D eigenvalue weighted by Gasteiger charge is -2.21. The van der Waals surface area contributed by atoms with Crippen LogP contribution < -0.4 is 19.7 Å². The molecule has 1 N–H and O–H groups in total. The number of anilines is 2. The number of nitrogens with one attached hydrogen (secondary N) is 1. The predicted molar refractivity (Wildman–Crippen MR) is 131 cm³/mol. The van der Waals surface area contributed by atoms with Gasteiger partial charge in [-0.05, 0) is 57.2 Å². The number of nitrogens with zero attached hydrogens (tertiary/aromatic N) is 4. The quantitative estimate of drug-likeness (QED) is 0.434. The van der Waals surface area contributed by atoms with Gasteiger partial charge in [-0.2, -0.15) is 0 Å². The third-order valence-corrected chi connectivity index (χ3v) is 6.47. The Morgan fingerprint density at radius 3 is 2.55 bits per heavy atom. The molecule has 3 aromatic rings. The van der Waals surface area contributed by atoms with Crippen LogP contribution in [0.4, 0.5) is 11.4 Å². The Morgan fingerprint density at radius 2 is 1.82 bits per heavy atom. The van der Waals surface area contributed by atoms with E-state index in [1.54, 1.807) is 12.1 Å². The number of hydrogen-bond donors (Lipinski definition) is 1. The molecule has 0 fully saturated rings. The average molecular weight is 468 g/mol. The van der Waals surface area contributed by atoms with Crippen molar-refractivity contribution < 1.29 is 14.3 Å². The molecule has 33 heavy (non-hydrogen) atoms. The maximum Gasteiger partial charge on any atom is 0.231 e. The summed E-state index contributed by atoms with van der Waals surface area (Å²) in [5.74, 6) is 2.74. The number of carbonyl (C=O) groups excluding carboxylic acids is 1. The molecule has 2 aromatic carbocycles. The monoisotopic (exact) mass is 467 g/mol. The number of benzene rings is 2. The van der Waals surface area contributed by atoms with Crippen molar-refractivity contribution in [3.05, 3.63) is 42.5 Å². The summed E-state index contributed by atoms with van der Waals surface area (Å²) in [5, 5.41) is 12.5. The lowest BCUT2D eigenvalue weighted by atomic mass is 10.2. The molecule has 1 aliphatic rings. The molecule has 0 unspecified atom stereocenters. The van der Waals surface area contributed by atoms with E-state index in [-0.39, 0.29) is 12.7 Å². The van der Waals surface area contributed by atoms with Crippen LogP contribution in [0.2, 0.25) is 0 Å². The van der Waals surface area contributed by atoms with Crippen molar-refractivity contribution in [2.75, 3.05) is 35.9 Å². The van der Waals surface area contributed by atoms with Gasteiger partial charge in [0.05, 0.1) is 0 Å². The van der Waals surface area contributed by atoms with Crippen LogP contribution in [-0.4, -0.2) is 46.3 Å². The van der Waals surface area contributed by atoms with Gasteiger partial charge in [0.1, 0.15) is 0 Å². The van der Waals surface area contributed by atoms with Gasteiger partial charge in [-0.3, -0.25) is 4.79 Å². The van der Waals surface area contributed by atoms with Crippen LogP contribution in [0.15, 0.2) is 47.6 Å². The molecule has 0 atom stereocenters. The number of fused-ring (bicyclic) bond motifs is 1. The summed E-state index contributed by atoms with van der Waals surface area (Å²) in [4.78, 5) is 14.7. The number of aromatic nitrogens is 3. The SMILES string of the molecule is CCN(CC)c1ccc(-c2nnc(SCCC(=O)Nc3ccc4c(c3)OCO4)n2CC)cc1. The molecule has 8 nitrogen and oxygen atoms in total. The van der Waals surface area contributed by atoms with Gasteiger partial charge in [0.2, 0.25) is 12.7 Å². The lowest BCUT2D eigenvalue weighted by Crippen LogP contribution is -2.21. The van der Waals surface area contributed by atoms with Gasteiger partial charge >= 0.3 is 0 Å². The second-order valence-electron chi connectivity index (χ2n) is 7.48. The van der Waals surface area contributed by atoms with E-state index in [1.165, 1.54) is 17.4 Å². The molecule has 0 bridgehead atoms. The lowest BCUT2D eigenvalue weighted by molar-refractivity contribution is -0.115. The van der Waals surface area contributed by atoms with Gasteiger partial charge in [-0.25, -0.2) is 0 Å². The van der Waals surface area contributed by atoms with Crippen molar-refractivity contribution in [3.63, 3.8) is 0 Å². The van der Waals surface area contributed by atoms with E-state index < -0.39 is 0 Å². The predicted octanol–water partition coefficient (Wildman–Crippen LogP) is 4.66. The summed E-state index contributed by atoms with van der Waals surface area (Å²) in [6.07, 6.45) is 0.365. The molecule has 0 spiro atoms. The maximum absolute atomic E-state index is 12.4. The van der Waals surface area contributed by atoms with Crippen molar-refractivity contribution in [1.82, 2.24) is 14.8 Å². The molecular formula is C24H29N5O3S. The van der Waals surface area contributed by atoms with Crippen LogP contribution in [0.1, 0.15) is 27.2 Å². The Kier molecular flexibility index (Phi) is 7.39. The second-order valence-corrected chi connectivity index (χ2v) is 8.55. The van der Waals surface area contributed by atoms with Crippen LogP contribution in [0.25, 0.3) is 11.4 Å². The molecule has 0 radical (unpaired) electrons. The fourth-order valence-corrected chi connectivity index (χ4v) is 4.68. The standard InChI is InChI=1S/C24H29N5O3S/c1-4-28(5-2)19-10-7-17(8-11-19)23-26-27-24(29(23)6-3)33-14-13-22(30)25-18-9-12-20-21(15-18)32-16-31-20/h7-12,15H,4-6,13-14,16H2,1-3H3,(H,25,30). The summed E-state index contributed by atoms with van der Waals surface area (Å²) in [6, 6.07) is 13.8. The first-order chi connectivity index (χ1) is 16.1. The van der Waals surface area contributed by atoms with Gasteiger partial charge < -0.3 is 24.3 Å². The molecule has 0 saturated heterocycles. The minimum atomic E-state index is -0.0591. The molecule has 0 saturated carbocycles. The molecule has 4 rings (SSSR count). The highest BCUT2D eigenvalue weighted by Gasteiger charge is 2.16. The highest BCUT2D eigenvalue weighted by Crippen LogP contribution is 2.34. The van der Waals surface area contributed by atoms with E-state index in [4.69, 9.17) is 9.47 Å². The number of rotatable bonds is 10. The van der Waals surface area contributed by atoms with E-state index >= 15 is 0 Å². The van der Waals surface area contributed by atoms with Crippen molar-refractivity contribution in [2.24, 2.45) is 0 Å². The molecule has 0 aliphatic carbocycles. The second kappa shape index (κ2) is 10.6. The minimum absolute atomic E-state index is 0.0591. The Bertz CT molecular complexity index is 1100. The van der Waals surface area contributed by atoms with Gasteiger partial charge in [0.15, 0.2) is 22.5 Å². The first kappa shape index (κ1) is 23.0. The largest absolute Gasteiger partial charge is 0.454 e. The Balaban J connectivity index is 1.35. The van der Waals surface area contributed by atoms with Crippen molar-refractivity contribution in [1.29, 1.82) is 0 Å². The van der Waals surface area contributed by atoms with E-state index in [2.05, 4.69) is 70.0 Å². The Labute approximate surface area is 198 Å². The fraction of sp³-hybridized carbons (Fsp3) is 0.375. The molecule has 1 aromatic heterocycles. The van der Waals surface area contributed by atoms with Gasteiger partial charge in [0.25, 0.3) is 0 Å². The van der Waals surface area contributed by atoms with Crippen LogP contribution in [0.3, 0.4) is 0 Å². The van der Waals surface area contributed by atoms with Gasteiger partial charge in [-0.15, -0.1) is 10.2 Å². The minimum Gasteiger partial charge on any atom is -0.454 e. The van der Waals surface area contributed by atoms with Crippen molar-refractivity contribution >= 4 is 29.0 Å². The number of amides is 1. The summed E-state index contributed by atoms with van der Waals surface area (Å²) in [6.45, 7) is 9.31. The first-order valence-corrected chi connectivity index (χ1v) is 12.2. The summed E-state index contributed by atoms with van der Waals surface area (Å²) in [7, 11) is 0. The zero-order valence-electron chi connectivity index (χ0n) is 19.2. The van der Waals surface area contributed by atoms with Crippen LogP contribution >= 0.6 is 11.8 Å². The number of ether oxygens (including phenoxy) is 2. The zero-order valence-corrected chi connectivity index (χ0v) is 20.0. The van der Waals surface area contributed by atoms with Crippen LogP contribution in [-0.2, 0) is 11.3 Å². The number of carbonyl (C=O) groups is 1. The molecule has 1 aliphatic heterocycles. The smallest absolute Gasteiger partial charge is 0.231 e. The topological polar surface area (TPSA) is 81.5 Å². The summed E-state index contributed by atoms with van der Waals surface area (Å²) in [5.41, 5.74) is 2.93. The molecule has 1 amide bonds. The van der Waals surface area contributed by atoms with E-state index in [1.807, 2.05) is 6.07 Å². The average Bonchev–Trinajstić information content (AvgIpc) is 3.46. The normalized spacial score (nSPS) is 12.1. The molecular weight excluding hydrogens is 438 g/mol. The van der Waals surface area contributed by atoms with Gasteiger partial charge in [-0.1, -0.05) is 11.8 Å². The third kappa shape index (κ3) is 5.24. The Morgan fingerprint density at radius 1 is 1.06 bits per heavy atom. The van der Waals surface area contributed by atoms with Crippen molar-refractivity contribution in [3.8, 4) is 22.9 Å². The summed E-state index contributed by atoms with van der Waals surface area (Å²) >= 11 is 1.54. The van der Waals surface area contributed by atoms with Gasteiger partial charge in [0, 0.05) is 54.8 Å². The molecule has 9 heteroatoms. The van der Waals surface area contributed by atoms with Crippen LogP contribution in [0.5, 0.6) is 11.5 Å². The van der Waals surface area contributed by atoms with E-state index in [0.717, 1.165) is 36.2 Å². The fourth-order valence-electron chi connectivity index (χ4n) is 3.74. The van der Waals surface area contributed by atoms with Crippen molar-refractivity contribution in [2.45, 2.75) is 38.9 Å². The first-order valence-electron chi connectivity index (χ1n) is 11.2. The summed E-state index contributed by atoms with van der Waals surface area (Å²) < 4.78 is 12.7. The van der Waals surface area contributed by atoms with E-state index in [9.17, 15) is 4.79 Å². The highest BCUT2D eigenvalue weighted by molar-refractivity contribution is 7.99. The van der Waals surface area contributed by atoms with E-state index in [0.29, 0.717) is 29.4 Å².